The van der Waals surface area contributed by atoms with Gasteiger partial charge in [-0.05, 0) is 42.2 Å². The average molecular weight is 408 g/mol. The third-order valence-corrected chi connectivity index (χ3v) is 4.80. The molecule has 0 spiro atoms. The average Bonchev–Trinajstić information content (AvgIpc) is 2.66. The Labute approximate surface area is 167 Å². The number of carbonyl (C=O) groups excluding carboxylic acids is 2. The summed E-state index contributed by atoms with van der Waals surface area (Å²) in [6, 6.07) is 12.1. The van der Waals surface area contributed by atoms with E-state index < -0.39 is 18.4 Å². The van der Waals surface area contributed by atoms with Gasteiger partial charge < -0.3 is 9.64 Å². The number of likely N-dealkylation sites (N-methyl/N-ethyl adjacent to an activating group) is 1. The molecule has 2 aromatic carbocycles. The van der Waals surface area contributed by atoms with Crippen LogP contribution in [-0.4, -0.2) is 36.7 Å². The van der Waals surface area contributed by atoms with Gasteiger partial charge in [-0.2, -0.15) is 0 Å². The number of rotatable bonds is 7. The highest BCUT2D eigenvalue weighted by Gasteiger charge is 2.12. The van der Waals surface area contributed by atoms with E-state index in [0.29, 0.717) is 6.54 Å². The van der Waals surface area contributed by atoms with Crippen LogP contribution in [-0.2, 0) is 20.9 Å². The van der Waals surface area contributed by atoms with Crippen LogP contribution in [0.5, 0.6) is 0 Å². The maximum Gasteiger partial charge on any atom is 0.331 e. The number of carbonyl (C=O) groups is 2. The first-order chi connectivity index (χ1) is 12.9. The van der Waals surface area contributed by atoms with E-state index in [0.717, 1.165) is 16.5 Å². The summed E-state index contributed by atoms with van der Waals surface area (Å²) in [6.45, 7) is 0.0132. The number of hydrogen-bond donors (Lipinski definition) is 0. The van der Waals surface area contributed by atoms with E-state index in [2.05, 4.69) is 0 Å². The highest BCUT2D eigenvalue weighted by Crippen LogP contribution is 2.20. The second-order valence-electron chi connectivity index (χ2n) is 5.67. The zero-order chi connectivity index (χ0) is 19.8. The van der Waals surface area contributed by atoms with Crippen molar-refractivity contribution >= 4 is 41.3 Å². The molecule has 0 radical (unpaired) electrons. The molecule has 0 bridgehead atoms. The van der Waals surface area contributed by atoms with Crippen LogP contribution in [0.3, 0.4) is 0 Å². The van der Waals surface area contributed by atoms with E-state index in [1.54, 1.807) is 18.8 Å². The van der Waals surface area contributed by atoms with Gasteiger partial charge in [0.15, 0.2) is 6.61 Å². The molecule has 2 aromatic rings. The summed E-state index contributed by atoms with van der Waals surface area (Å²) >= 11 is 7.52. The van der Waals surface area contributed by atoms with Gasteiger partial charge in [-0.1, -0.05) is 29.8 Å². The van der Waals surface area contributed by atoms with E-state index in [1.807, 2.05) is 30.5 Å². The van der Waals surface area contributed by atoms with E-state index >= 15 is 0 Å². The minimum atomic E-state index is -0.750. The fourth-order valence-corrected chi connectivity index (χ4v) is 2.84. The van der Waals surface area contributed by atoms with E-state index in [9.17, 15) is 14.0 Å². The van der Waals surface area contributed by atoms with Gasteiger partial charge in [-0.25, -0.2) is 9.18 Å². The molecule has 0 aliphatic carbocycles. The van der Waals surface area contributed by atoms with Gasteiger partial charge >= 0.3 is 5.97 Å². The van der Waals surface area contributed by atoms with Crippen LogP contribution >= 0.6 is 23.4 Å². The third kappa shape index (κ3) is 6.41. The molecule has 7 heteroatoms. The maximum absolute atomic E-state index is 13.6. The molecule has 0 heterocycles. The number of hydrogen-bond acceptors (Lipinski definition) is 4. The van der Waals surface area contributed by atoms with Crippen molar-refractivity contribution in [2.75, 3.05) is 19.9 Å². The summed E-state index contributed by atoms with van der Waals surface area (Å²) in [5.74, 6) is -1.63. The first-order valence-electron chi connectivity index (χ1n) is 8.06. The summed E-state index contributed by atoms with van der Waals surface area (Å²) in [5.41, 5.74) is 1.07. The molecular weight excluding hydrogens is 389 g/mol. The van der Waals surface area contributed by atoms with Crippen molar-refractivity contribution in [1.29, 1.82) is 0 Å². The Morgan fingerprint density at radius 1 is 1.22 bits per heavy atom. The van der Waals surface area contributed by atoms with Crippen molar-refractivity contribution in [3.8, 4) is 0 Å². The van der Waals surface area contributed by atoms with Gasteiger partial charge in [-0.15, -0.1) is 11.8 Å². The molecule has 1 amide bonds. The molecule has 0 N–H and O–H groups in total. The summed E-state index contributed by atoms with van der Waals surface area (Å²) in [4.78, 5) is 26.5. The molecule has 0 aliphatic heterocycles. The standard InChI is InChI=1S/C20H19ClFNO3S/c1-23(12-14-6-8-15(27-2)9-7-14)19(24)13-26-20(25)11-10-16-17(21)4-3-5-18(16)22/h3-11H,12-13H2,1-2H3/b11-10+. The quantitative estimate of drug-likeness (QED) is 0.387. The van der Waals surface area contributed by atoms with Gasteiger partial charge in [0.25, 0.3) is 5.91 Å². The SMILES string of the molecule is CSc1ccc(CN(C)C(=O)COC(=O)/C=C/c2c(F)cccc2Cl)cc1. The normalized spacial score (nSPS) is 10.8. The Morgan fingerprint density at radius 3 is 2.56 bits per heavy atom. The molecule has 0 unspecified atom stereocenters. The largest absolute Gasteiger partial charge is 0.452 e. The van der Waals surface area contributed by atoms with Gasteiger partial charge in [-0.3, -0.25) is 4.79 Å². The first-order valence-corrected chi connectivity index (χ1v) is 9.66. The maximum atomic E-state index is 13.6. The zero-order valence-electron chi connectivity index (χ0n) is 14.9. The molecule has 0 aliphatic rings. The third-order valence-electron chi connectivity index (χ3n) is 3.73. The van der Waals surface area contributed by atoms with Crippen molar-refractivity contribution in [2.24, 2.45) is 0 Å². The van der Waals surface area contributed by atoms with Gasteiger partial charge in [0.2, 0.25) is 0 Å². The molecule has 2 rings (SSSR count). The molecule has 0 saturated heterocycles. The van der Waals surface area contributed by atoms with Crippen molar-refractivity contribution in [2.45, 2.75) is 11.4 Å². The zero-order valence-corrected chi connectivity index (χ0v) is 16.5. The van der Waals surface area contributed by atoms with E-state index in [-0.39, 0.29) is 16.5 Å². The van der Waals surface area contributed by atoms with Gasteiger partial charge in [0.1, 0.15) is 5.82 Å². The Bertz CT molecular complexity index is 819. The fourth-order valence-electron chi connectivity index (χ4n) is 2.21. The van der Waals surface area contributed by atoms with E-state index in [1.165, 1.54) is 29.2 Å². The van der Waals surface area contributed by atoms with E-state index in [4.69, 9.17) is 16.3 Å². The molecular formula is C20H19ClFNO3S. The lowest BCUT2D eigenvalue weighted by atomic mass is 10.2. The van der Waals surface area contributed by atoms with Crippen molar-refractivity contribution < 1.29 is 18.7 Å². The lowest BCUT2D eigenvalue weighted by molar-refractivity contribution is -0.147. The number of nitrogens with zero attached hydrogens (tertiary/aromatic N) is 1. The highest BCUT2D eigenvalue weighted by molar-refractivity contribution is 7.98. The summed E-state index contributed by atoms with van der Waals surface area (Å²) in [6.07, 6.45) is 4.26. The number of ether oxygens (including phenoxy) is 1. The lowest BCUT2D eigenvalue weighted by Gasteiger charge is -2.17. The minimum absolute atomic E-state index is 0.0910. The Morgan fingerprint density at radius 2 is 1.93 bits per heavy atom. The molecule has 4 nitrogen and oxygen atoms in total. The topological polar surface area (TPSA) is 46.6 Å². The van der Waals surface area contributed by atoms with Crippen LogP contribution in [0.15, 0.2) is 53.4 Å². The molecule has 0 atom stereocenters. The Kier molecular flexibility index (Phi) is 7.88. The van der Waals surface area contributed by atoms with Crippen LogP contribution in [0.4, 0.5) is 4.39 Å². The monoisotopic (exact) mass is 407 g/mol. The summed E-state index contributed by atoms with van der Waals surface area (Å²) < 4.78 is 18.5. The number of benzene rings is 2. The second-order valence-corrected chi connectivity index (χ2v) is 6.96. The summed E-state index contributed by atoms with van der Waals surface area (Å²) in [7, 11) is 1.63. The number of esters is 1. The van der Waals surface area contributed by atoms with Crippen molar-refractivity contribution in [3.05, 3.63) is 70.5 Å². The minimum Gasteiger partial charge on any atom is -0.452 e. The molecule has 0 saturated carbocycles. The highest BCUT2D eigenvalue weighted by atomic mass is 35.5. The number of thioether (sulfide) groups is 1. The van der Waals surface area contributed by atoms with Crippen LogP contribution in [0.2, 0.25) is 5.02 Å². The molecule has 0 fully saturated rings. The predicted molar refractivity (Wildman–Crippen MR) is 106 cm³/mol. The van der Waals surface area contributed by atoms with Crippen LogP contribution in [0.1, 0.15) is 11.1 Å². The fraction of sp³-hybridized carbons (Fsp3) is 0.200. The first kappa shape index (κ1) is 21.0. The molecule has 0 aromatic heterocycles. The Hall–Kier alpha value is -2.31. The number of halogens is 2. The van der Waals surface area contributed by atoms with Gasteiger partial charge in [0.05, 0.1) is 5.02 Å². The van der Waals surface area contributed by atoms with Crippen LogP contribution in [0.25, 0.3) is 6.08 Å². The molecule has 27 heavy (non-hydrogen) atoms. The second kappa shape index (κ2) is 10.1. The van der Waals surface area contributed by atoms with Gasteiger partial charge in [0, 0.05) is 30.1 Å². The van der Waals surface area contributed by atoms with Crippen LogP contribution in [0, 0.1) is 5.82 Å². The van der Waals surface area contributed by atoms with Crippen molar-refractivity contribution in [1.82, 2.24) is 4.90 Å². The lowest BCUT2D eigenvalue weighted by Crippen LogP contribution is -2.30. The number of amides is 1. The van der Waals surface area contributed by atoms with Crippen LogP contribution < -0.4 is 0 Å². The Balaban J connectivity index is 1.84. The molecule has 142 valence electrons. The predicted octanol–water partition coefficient (Wildman–Crippen LogP) is 4.42. The summed E-state index contributed by atoms with van der Waals surface area (Å²) in [5, 5.41) is 0.183. The van der Waals surface area contributed by atoms with Crippen molar-refractivity contribution in [3.63, 3.8) is 0 Å². The smallest absolute Gasteiger partial charge is 0.331 e.